The summed E-state index contributed by atoms with van der Waals surface area (Å²) in [6.45, 7) is 0.257. The average Bonchev–Trinajstić information content (AvgIpc) is 2.77. The van der Waals surface area contributed by atoms with Gasteiger partial charge in [-0.05, 0) is 53.6 Å². The standard InChI is InChI=1S/C24H18N2O4/c25-15-20(23(27)26-21-6-2-1-3-7-21)13-18-5-4-8-22(14-18)30-16-17-9-11-19(12-10-17)24(28)29/h1-14H,16H2,(H,26,27)(H,28,29)/b20-13-. The van der Waals surface area contributed by atoms with Gasteiger partial charge in [0.1, 0.15) is 24.0 Å². The zero-order valence-corrected chi connectivity index (χ0v) is 15.9. The van der Waals surface area contributed by atoms with Crippen molar-refractivity contribution in [2.75, 3.05) is 5.32 Å². The second-order valence-electron chi connectivity index (χ2n) is 6.35. The lowest BCUT2D eigenvalue weighted by atomic mass is 10.1. The molecule has 0 saturated carbocycles. The van der Waals surface area contributed by atoms with Crippen LogP contribution in [0.4, 0.5) is 5.69 Å². The third-order valence-corrected chi connectivity index (χ3v) is 4.17. The Balaban J connectivity index is 1.68. The zero-order valence-electron chi connectivity index (χ0n) is 15.9. The molecular formula is C24H18N2O4. The van der Waals surface area contributed by atoms with Crippen molar-refractivity contribution in [2.45, 2.75) is 6.61 Å². The molecule has 0 heterocycles. The van der Waals surface area contributed by atoms with Crippen LogP contribution < -0.4 is 10.1 Å². The number of para-hydroxylation sites is 1. The van der Waals surface area contributed by atoms with E-state index in [4.69, 9.17) is 9.84 Å². The Kier molecular flexibility index (Phi) is 6.59. The van der Waals surface area contributed by atoms with Crippen LogP contribution >= 0.6 is 0 Å². The summed E-state index contributed by atoms with van der Waals surface area (Å²) in [5.74, 6) is -0.910. The SMILES string of the molecule is N#C/C(=C/c1cccc(OCc2ccc(C(=O)O)cc2)c1)C(=O)Nc1ccccc1. The van der Waals surface area contributed by atoms with Gasteiger partial charge in [-0.2, -0.15) is 5.26 Å². The second kappa shape index (κ2) is 9.71. The van der Waals surface area contributed by atoms with E-state index in [2.05, 4.69) is 5.32 Å². The van der Waals surface area contributed by atoms with Gasteiger partial charge in [0.25, 0.3) is 5.91 Å². The highest BCUT2D eigenvalue weighted by Gasteiger charge is 2.10. The predicted molar refractivity (Wildman–Crippen MR) is 113 cm³/mol. The van der Waals surface area contributed by atoms with Crippen molar-refractivity contribution in [3.8, 4) is 11.8 Å². The molecule has 3 aromatic rings. The van der Waals surface area contributed by atoms with Gasteiger partial charge in [0.05, 0.1) is 5.56 Å². The van der Waals surface area contributed by atoms with Crippen LogP contribution in [-0.4, -0.2) is 17.0 Å². The van der Waals surface area contributed by atoms with Gasteiger partial charge in [-0.3, -0.25) is 4.79 Å². The van der Waals surface area contributed by atoms with Gasteiger partial charge < -0.3 is 15.2 Å². The van der Waals surface area contributed by atoms with Gasteiger partial charge in [-0.15, -0.1) is 0 Å². The number of carboxylic acid groups (broad SMARTS) is 1. The maximum Gasteiger partial charge on any atom is 0.335 e. The highest BCUT2D eigenvalue weighted by molar-refractivity contribution is 6.09. The lowest BCUT2D eigenvalue weighted by molar-refractivity contribution is -0.112. The summed E-state index contributed by atoms with van der Waals surface area (Å²) < 4.78 is 5.74. The van der Waals surface area contributed by atoms with Gasteiger partial charge in [0, 0.05) is 5.69 Å². The smallest absolute Gasteiger partial charge is 0.335 e. The van der Waals surface area contributed by atoms with E-state index in [1.54, 1.807) is 60.7 Å². The summed E-state index contributed by atoms with van der Waals surface area (Å²) in [7, 11) is 0. The number of amides is 1. The number of carbonyl (C=O) groups is 2. The maximum atomic E-state index is 12.3. The zero-order chi connectivity index (χ0) is 21.3. The van der Waals surface area contributed by atoms with E-state index in [0.717, 1.165) is 5.56 Å². The molecule has 0 aromatic heterocycles. The highest BCUT2D eigenvalue weighted by Crippen LogP contribution is 2.18. The summed E-state index contributed by atoms with van der Waals surface area (Å²) in [6.07, 6.45) is 1.49. The van der Waals surface area contributed by atoms with Crippen molar-refractivity contribution in [1.82, 2.24) is 0 Å². The van der Waals surface area contributed by atoms with Crippen molar-refractivity contribution in [1.29, 1.82) is 5.26 Å². The largest absolute Gasteiger partial charge is 0.489 e. The molecule has 3 aromatic carbocycles. The van der Waals surface area contributed by atoms with E-state index < -0.39 is 11.9 Å². The fourth-order valence-electron chi connectivity index (χ4n) is 2.64. The summed E-state index contributed by atoms with van der Waals surface area (Å²) in [6, 6.07) is 24.3. The van der Waals surface area contributed by atoms with Gasteiger partial charge in [0.2, 0.25) is 0 Å². The van der Waals surface area contributed by atoms with Crippen LogP contribution in [0.2, 0.25) is 0 Å². The number of anilines is 1. The molecule has 3 rings (SSSR count). The molecule has 0 unspecified atom stereocenters. The number of aromatic carboxylic acids is 1. The minimum atomic E-state index is -0.980. The summed E-state index contributed by atoms with van der Waals surface area (Å²) in [5, 5.41) is 21.0. The molecule has 0 bridgehead atoms. The molecule has 148 valence electrons. The molecule has 2 N–H and O–H groups in total. The Labute approximate surface area is 173 Å². The second-order valence-corrected chi connectivity index (χ2v) is 6.35. The molecule has 0 aliphatic rings. The third kappa shape index (κ3) is 5.57. The van der Waals surface area contributed by atoms with Crippen LogP contribution in [0.3, 0.4) is 0 Å². The summed E-state index contributed by atoms with van der Waals surface area (Å²) >= 11 is 0. The van der Waals surface area contributed by atoms with Crippen LogP contribution in [0.25, 0.3) is 6.08 Å². The molecule has 6 nitrogen and oxygen atoms in total. The average molecular weight is 398 g/mol. The number of nitrogens with zero attached hydrogens (tertiary/aromatic N) is 1. The Hall–Kier alpha value is -4.37. The lowest BCUT2D eigenvalue weighted by Crippen LogP contribution is -2.13. The molecule has 1 amide bonds. The van der Waals surface area contributed by atoms with E-state index >= 15 is 0 Å². The first-order valence-electron chi connectivity index (χ1n) is 9.08. The van der Waals surface area contributed by atoms with Crippen molar-refractivity contribution < 1.29 is 19.4 Å². The van der Waals surface area contributed by atoms with E-state index in [1.807, 2.05) is 12.1 Å². The Bertz CT molecular complexity index is 1110. The van der Waals surface area contributed by atoms with Crippen LogP contribution in [0.1, 0.15) is 21.5 Å². The first kappa shape index (κ1) is 20.4. The molecule has 0 spiro atoms. The minimum Gasteiger partial charge on any atom is -0.489 e. The number of carboxylic acids is 1. The van der Waals surface area contributed by atoms with Crippen molar-refractivity contribution in [3.05, 3.63) is 101 Å². The number of hydrogen-bond acceptors (Lipinski definition) is 4. The Morgan fingerprint density at radius 2 is 1.73 bits per heavy atom. The molecule has 0 saturated heterocycles. The fraction of sp³-hybridized carbons (Fsp3) is 0.0417. The minimum absolute atomic E-state index is 0.0275. The number of rotatable bonds is 7. The van der Waals surface area contributed by atoms with Crippen LogP contribution in [0.15, 0.2) is 84.4 Å². The van der Waals surface area contributed by atoms with Crippen LogP contribution in [-0.2, 0) is 11.4 Å². The lowest BCUT2D eigenvalue weighted by Gasteiger charge is -2.08. The van der Waals surface area contributed by atoms with Crippen LogP contribution in [0.5, 0.6) is 5.75 Å². The molecular weight excluding hydrogens is 380 g/mol. The monoisotopic (exact) mass is 398 g/mol. The molecule has 0 fully saturated rings. The molecule has 0 aliphatic carbocycles. The molecule has 0 radical (unpaired) electrons. The number of hydrogen-bond donors (Lipinski definition) is 2. The normalized spacial score (nSPS) is 10.7. The summed E-state index contributed by atoms with van der Waals surface area (Å²) in [4.78, 5) is 23.2. The molecule has 0 atom stereocenters. The number of nitriles is 1. The first-order valence-corrected chi connectivity index (χ1v) is 9.08. The number of ether oxygens (including phenoxy) is 1. The Morgan fingerprint density at radius 3 is 2.40 bits per heavy atom. The summed E-state index contributed by atoms with van der Waals surface area (Å²) in [5.41, 5.74) is 2.26. The predicted octanol–water partition coefficient (Wildman–Crippen LogP) is 4.51. The van der Waals surface area contributed by atoms with E-state index in [1.165, 1.54) is 18.2 Å². The van der Waals surface area contributed by atoms with Gasteiger partial charge in [-0.1, -0.05) is 42.5 Å². The maximum absolute atomic E-state index is 12.3. The highest BCUT2D eigenvalue weighted by atomic mass is 16.5. The number of benzene rings is 3. The van der Waals surface area contributed by atoms with Crippen molar-refractivity contribution in [2.24, 2.45) is 0 Å². The van der Waals surface area contributed by atoms with E-state index in [-0.39, 0.29) is 17.7 Å². The van der Waals surface area contributed by atoms with E-state index in [9.17, 15) is 14.9 Å². The third-order valence-electron chi connectivity index (χ3n) is 4.17. The van der Waals surface area contributed by atoms with Gasteiger partial charge in [-0.25, -0.2) is 4.79 Å². The van der Waals surface area contributed by atoms with Gasteiger partial charge in [0.15, 0.2) is 0 Å². The van der Waals surface area contributed by atoms with Crippen LogP contribution in [0, 0.1) is 11.3 Å². The molecule has 0 aliphatic heterocycles. The van der Waals surface area contributed by atoms with Gasteiger partial charge >= 0.3 is 5.97 Å². The van der Waals surface area contributed by atoms with Crippen molar-refractivity contribution >= 4 is 23.6 Å². The fourth-order valence-corrected chi connectivity index (χ4v) is 2.64. The van der Waals surface area contributed by atoms with E-state index in [0.29, 0.717) is 17.0 Å². The van der Waals surface area contributed by atoms with Crippen molar-refractivity contribution in [3.63, 3.8) is 0 Å². The number of carbonyl (C=O) groups excluding carboxylic acids is 1. The molecule has 30 heavy (non-hydrogen) atoms. The first-order chi connectivity index (χ1) is 14.5. The quantitative estimate of drug-likeness (QED) is 0.451. The topological polar surface area (TPSA) is 99.4 Å². The Morgan fingerprint density at radius 1 is 1.00 bits per heavy atom. The number of nitrogens with one attached hydrogen (secondary N) is 1. The molecule has 6 heteroatoms.